The molecule has 0 aliphatic carbocycles. The van der Waals surface area contributed by atoms with Gasteiger partial charge in [-0.05, 0) is 48.7 Å². The van der Waals surface area contributed by atoms with Gasteiger partial charge in [0.2, 0.25) is 0 Å². The third kappa shape index (κ3) is 5.09. The lowest BCUT2D eigenvalue weighted by Gasteiger charge is -2.45. The van der Waals surface area contributed by atoms with Crippen molar-refractivity contribution in [2.45, 2.75) is 72.4 Å². The van der Waals surface area contributed by atoms with Crippen LogP contribution >= 0.6 is 47.0 Å². The zero-order chi connectivity index (χ0) is 17.9. The van der Waals surface area contributed by atoms with Crippen LogP contribution in [0.15, 0.2) is 12.2 Å². The SMILES string of the molecule is C[Si](C)(C)C1(C/C=C\CC2([Si](C)(C)C)SCCCS2)SCCCS1. The first-order valence-corrected chi connectivity index (χ1v) is 20.3. The number of hydrogen-bond acceptors (Lipinski definition) is 4. The van der Waals surface area contributed by atoms with Crippen LogP contribution in [0.2, 0.25) is 39.3 Å². The summed E-state index contributed by atoms with van der Waals surface area (Å²) in [5.74, 6) is 5.48. The molecule has 0 spiro atoms. The van der Waals surface area contributed by atoms with Crippen LogP contribution in [-0.2, 0) is 0 Å². The van der Waals surface area contributed by atoms with Gasteiger partial charge < -0.3 is 0 Å². The van der Waals surface area contributed by atoms with Gasteiger partial charge in [-0.25, -0.2) is 0 Å². The van der Waals surface area contributed by atoms with E-state index in [1.807, 2.05) is 0 Å². The molecule has 0 aromatic carbocycles. The molecule has 2 aliphatic heterocycles. The molecule has 0 nitrogen and oxygen atoms in total. The maximum atomic E-state index is 2.57. The third-order valence-electron chi connectivity index (χ3n) is 5.14. The van der Waals surface area contributed by atoms with E-state index in [1.54, 1.807) is 0 Å². The van der Waals surface area contributed by atoms with Gasteiger partial charge in [-0.15, -0.1) is 47.0 Å². The normalized spacial score (nSPS) is 25.1. The molecule has 2 aliphatic rings. The van der Waals surface area contributed by atoms with Crippen molar-refractivity contribution >= 4 is 63.2 Å². The lowest BCUT2D eigenvalue weighted by atomic mass is 10.3. The van der Waals surface area contributed by atoms with E-state index in [9.17, 15) is 0 Å². The molecule has 0 bridgehead atoms. The third-order valence-corrected chi connectivity index (χ3v) is 25.1. The number of allylic oxidation sites excluding steroid dienone is 2. The molecule has 0 aromatic heterocycles. The van der Waals surface area contributed by atoms with Crippen molar-refractivity contribution < 1.29 is 0 Å². The van der Waals surface area contributed by atoms with Crippen molar-refractivity contribution in [2.75, 3.05) is 23.0 Å². The Morgan fingerprint density at radius 3 is 1.17 bits per heavy atom. The number of thioether (sulfide) groups is 4. The highest BCUT2D eigenvalue weighted by Gasteiger charge is 2.46. The Kier molecular flexibility index (Phi) is 7.95. The predicted molar refractivity (Wildman–Crippen MR) is 130 cm³/mol. The maximum absolute atomic E-state index is 2.57. The Bertz CT molecular complexity index is 385. The molecule has 0 N–H and O–H groups in total. The van der Waals surface area contributed by atoms with Crippen LogP contribution in [-0.4, -0.2) is 46.6 Å². The molecule has 2 heterocycles. The summed E-state index contributed by atoms with van der Waals surface area (Å²) >= 11 is 9.12. The fourth-order valence-electron chi connectivity index (χ4n) is 3.34. The van der Waals surface area contributed by atoms with Gasteiger partial charge in [0.05, 0.1) is 23.6 Å². The molecule has 0 radical (unpaired) electrons. The van der Waals surface area contributed by atoms with Crippen molar-refractivity contribution in [1.29, 1.82) is 0 Å². The van der Waals surface area contributed by atoms with E-state index < -0.39 is 16.1 Å². The minimum absolute atomic E-state index is 0.515. The Hall–Kier alpha value is 1.57. The molecular weight excluding hydrogens is 401 g/mol. The first-order valence-electron chi connectivity index (χ1n) is 9.33. The van der Waals surface area contributed by atoms with Gasteiger partial charge in [-0.1, -0.05) is 51.4 Å². The fraction of sp³-hybridized carbons (Fsp3) is 0.889. The Balaban J connectivity index is 2.03. The Morgan fingerprint density at radius 1 is 0.625 bits per heavy atom. The van der Waals surface area contributed by atoms with Crippen LogP contribution in [0.1, 0.15) is 25.7 Å². The quantitative estimate of drug-likeness (QED) is 0.318. The van der Waals surface area contributed by atoms with Crippen LogP contribution in [0, 0.1) is 0 Å². The van der Waals surface area contributed by atoms with Crippen LogP contribution < -0.4 is 0 Å². The van der Waals surface area contributed by atoms with Crippen molar-refractivity contribution in [3.05, 3.63) is 12.2 Å². The average molecular weight is 437 g/mol. The molecule has 0 atom stereocenters. The Morgan fingerprint density at radius 2 is 0.917 bits per heavy atom. The lowest BCUT2D eigenvalue weighted by Crippen LogP contribution is -2.49. The summed E-state index contributed by atoms with van der Waals surface area (Å²) in [6, 6.07) is 0. The molecule has 2 fully saturated rings. The second kappa shape index (κ2) is 8.72. The first kappa shape index (κ1) is 21.9. The molecule has 24 heavy (non-hydrogen) atoms. The molecule has 6 heteroatoms. The van der Waals surface area contributed by atoms with E-state index in [1.165, 1.54) is 48.7 Å². The molecule has 0 saturated carbocycles. The van der Waals surface area contributed by atoms with Gasteiger partial charge in [0.15, 0.2) is 0 Å². The fourth-order valence-corrected chi connectivity index (χ4v) is 18.3. The van der Waals surface area contributed by atoms with Gasteiger partial charge in [-0.3, -0.25) is 0 Å². The van der Waals surface area contributed by atoms with Gasteiger partial charge >= 0.3 is 0 Å². The van der Waals surface area contributed by atoms with Crippen molar-refractivity contribution in [3.63, 3.8) is 0 Å². The predicted octanol–water partition coefficient (Wildman–Crippen LogP) is 7.21. The first-order chi connectivity index (χ1) is 11.1. The maximum Gasteiger partial charge on any atom is 0.0756 e. The monoisotopic (exact) mass is 436 g/mol. The molecule has 140 valence electrons. The summed E-state index contributed by atoms with van der Waals surface area (Å²) in [7, 11) is -2.36. The van der Waals surface area contributed by atoms with Crippen LogP contribution in [0.4, 0.5) is 0 Å². The summed E-state index contributed by atoms with van der Waals surface area (Å²) in [5.41, 5.74) is 0. The highest BCUT2D eigenvalue weighted by Crippen LogP contribution is 2.52. The van der Waals surface area contributed by atoms with Crippen molar-refractivity contribution in [1.82, 2.24) is 0 Å². The number of hydrogen-bond donors (Lipinski definition) is 0. The highest BCUT2D eigenvalue weighted by atomic mass is 32.2. The van der Waals surface area contributed by atoms with Gasteiger partial charge in [-0.2, -0.15) is 0 Å². The minimum atomic E-state index is -1.18. The summed E-state index contributed by atoms with van der Waals surface area (Å²) < 4.78 is 1.03. The smallest absolute Gasteiger partial charge is 0.0756 e. The summed E-state index contributed by atoms with van der Waals surface area (Å²) in [5, 5.41) is 0. The Labute approximate surface area is 169 Å². The second-order valence-electron chi connectivity index (χ2n) is 8.99. The molecule has 2 rings (SSSR count). The van der Waals surface area contributed by atoms with Gasteiger partial charge in [0.25, 0.3) is 0 Å². The van der Waals surface area contributed by atoms with Crippen LogP contribution in [0.25, 0.3) is 0 Å². The van der Waals surface area contributed by atoms with Crippen molar-refractivity contribution in [2.24, 2.45) is 0 Å². The topological polar surface area (TPSA) is 0 Å². The number of rotatable bonds is 6. The lowest BCUT2D eigenvalue weighted by molar-refractivity contribution is 0.965. The summed E-state index contributed by atoms with van der Waals surface area (Å²) in [6.45, 7) is 15.4. The largest absolute Gasteiger partial charge is 0.147 e. The van der Waals surface area contributed by atoms with Crippen LogP contribution in [0.3, 0.4) is 0 Å². The van der Waals surface area contributed by atoms with Crippen LogP contribution in [0.5, 0.6) is 0 Å². The second-order valence-corrected chi connectivity index (χ2v) is 27.2. The minimum Gasteiger partial charge on any atom is -0.147 e. The van der Waals surface area contributed by atoms with E-state index in [-0.39, 0.29) is 0 Å². The highest BCUT2D eigenvalue weighted by molar-refractivity contribution is 8.21. The summed E-state index contributed by atoms with van der Waals surface area (Å²) in [4.78, 5) is 0. The zero-order valence-corrected chi connectivity index (χ0v) is 21.7. The van der Waals surface area contributed by atoms with Gasteiger partial charge in [0, 0.05) is 0 Å². The average Bonchev–Trinajstić information content (AvgIpc) is 2.51. The molecule has 0 amide bonds. The summed E-state index contributed by atoms with van der Waals surface area (Å²) in [6.07, 6.45) is 10.5. The van der Waals surface area contributed by atoms with E-state index in [2.05, 4.69) is 98.5 Å². The van der Waals surface area contributed by atoms with E-state index in [0.717, 1.165) is 0 Å². The molecule has 2 saturated heterocycles. The molecule has 0 unspecified atom stereocenters. The standard InChI is InChI=1S/C18H36S4Si2/c1-23(2,3)17(19-13-9-14-20-17)11-7-8-12-18(24(4,5)6)21-15-10-16-22-18/h7-8H,9-16H2,1-6H3/b8-7-. The zero-order valence-electron chi connectivity index (χ0n) is 16.4. The van der Waals surface area contributed by atoms with Gasteiger partial charge in [0.1, 0.15) is 0 Å². The van der Waals surface area contributed by atoms with E-state index in [0.29, 0.717) is 7.40 Å². The molecular formula is C18H36S4Si2. The van der Waals surface area contributed by atoms with Crippen molar-refractivity contribution in [3.8, 4) is 0 Å². The van der Waals surface area contributed by atoms with E-state index in [4.69, 9.17) is 0 Å². The molecule has 0 aromatic rings. The van der Waals surface area contributed by atoms with E-state index >= 15 is 0 Å².